The summed E-state index contributed by atoms with van der Waals surface area (Å²) in [7, 11) is 1.71. The zero-order valence-corrected chi connectivity index (χ0v) is 11.1. The van der Waals surface area contributed by atoms with Crippen molar-refractivity contribution >= 4 is 16.9 Å². The van der Waals surface area contributed by atoms with E-state index in [1.54, 1.807) is 13.3 Å². The maximum Gasteiger partial charge on any atom is 0.161 e. The highest BCUT2D eigenvalue weighted by atomic mass is 19.2. The Bertz CT molecular complexity index is 635. The van der Waals surface area contributed by atoms with Crippen molar-refractivity contribution < 1.29 is 13.5 Å². The highest BCUT2D eigenvalue weighted by molar-refractivity contribution is 5.75. The van der Waals surface area contributed by atoms with Gasteiger partial charge in [-0.3, -0.25) is 4.98 Å². The second-order valence-corrected chi connectivity index (χ2v) is 5.02. The van der Waals surface area contributed by atoms with Crippen LogP contribution in [0, 0.1) is 11.6 Å². The monoisotopic (exact) mass is 279 g/mol. The minimum atomic E-state index is -0.913. The molecule has 2 atom stereocenters. The molecule has 1 aliphatic rings. The molecule has 1 fully saturated rings. The van der Waals surface area contributed by atoms with E-state index in [1.165, 1.54) is 0 Å². The van der Waals surface area contributed by atoms with E-state index in [1.807, 2.05) is 0 Å². The first-order valence-corrected chi connectivity index (χ1v) is 6.57. The number of benzene rings is 1. The van der Waals surface area contributed by atoms with E-state index in [9.17, 15) is 8.78 Å². The Morgan fingerprint density at radius 2 is 1.95 bits per heavy atom. The second kappa shape index (κ2) is 5.28. The smallest absolute Gasteiger partial charge is 0.161 e. The lowest BCUT2D eigenvalue weighted by Crippen LogP contribution is -2.18. The van der Waals surface area contributed by atoms with Gasteiger partial charge in [-0.2, -0.15) is 0 Å². The predicted octanol–water partition coefficient (Wildman–Crippen LogP) is 2.89. The van der Waals surface area contributed by atoms with Crippen molar-refractivity contribution in [2.24, 2.45) is 0 Å². The highest BCUT2D eigenvalue weighted by Gasteiger charge is 2.24. The predicted molar refractivity (Wildman–Crippen MR) is 71.5 cm³/mol. The summed E-state index contributed by atoms with van der Waals surface area (Å²) in [6.07, 6.45) is 4.73. The molecule has 20 heavy (non-hydrogen) atoms. The van der Waals surface area contributed by atoms with Gasteiger partial charge in [0.25, 0.3) is 0 Å². The molecule has 1 aliphatic carbocycles. The van der Waals surface area contributed by atoms with Gasteiger partial charge in [0.15, 0.2) is 11.6 Å². The topological polar surface area (TPSA) is 47.0 Å². The quantitative estimate of drug-likeness (QED) is 0.938. The van der Waals surface area contributed by atoms with Crippen LogP contribution in [0.25, 0.3) is 11.0 Å². The van der Waals surface area contributed by atoms with Crippen molar-refractivity contribution in [3.63, 3.8) is 0 Å². The molecule has 0 radical (unpaired) electrons. The van der Waals surface area contributed by atoms with E-state index in [2.05, 4.69) is 15.3 Å². The van der Waals surface area contributed by atoms with Gasteiger partial charge in [-0.1, -0.05) is 0 Å². The van der Waals surface area contributed by atoms with Crippen LogP contribution in [0.15, 0.2) is 18.3 Å². The standard InChI is InChI=1S/C14H15F2N3O/c1-20-9-3-2-8(4-9)18-14-7-17-12-5-10(15)11(16)6-13(12)19-14/h5-9H,2-4H2,1H3,(H,18,19). The molecule has 0 spiro atoms. The highest BCUT2D eigenvalue weighted by Crippen LogP contribution is 2.25. The largest absolute Gasteiger partial charge is 0.381 e. The fourth-order valence-electron chi connectivity index (χ4n) is 2.57. The van der Waals surface area contributed by atoms with Crippen LogP contribution in [0.3, 0.4) is 0 Å². The summed E-state index contributed by atoms with van der Waals surface area (Å²) in [5.41, 5.74) is 0.686. The zero-order chi connectivity index (χ0) is 14.1. The molecule has 1 saturated carbocycles. The number of nitrogens with one attached hydrogen (secondary N) is 1. The first-order valence-electron chi connectivity index (χ1n) is 6.57. The molecular weight excluding hydrogens is 264 g/mol. The molecule has 0 saturated heterocycles. The molecule has 1 heterocycles. The number of nitrogens with zero attached hydrogens (tertiary/aromatic N) is 2. The van der Waals surface area contributed by atoms with Crippen LogP contribution in [0.2, 0.25) is 0 Å². The number of aromatic nitrogens is 2. The summed E-state index contributed by atoms with van der Waals surface area (Å²) < 4.78 is 31.6. The number of methoxy groups -OCH3 is 1. The Morgan fingerprint density at radius 3 is 2.65 bits per heavy atom. The van der Waals surface area contributed by atoms with E-state index in [-0.39, 0.29) is 12.1 Å². The van der Waals surface area contributed by atoms with E-state index < -0.39 is 11.6 Å². The second-order valence-electron chi connectivity index (χ2n) is 5.02. The summed E-state index contributed by atoms with van der Waals surface area (Å²) in [6, 6.07) is 2.39. The molecule has 106 valence electrons. The van der Waals surface area contributed by atoms with Crippen LogP contribution < -0.4 is 5.32 Å². The molecule has 0 bridgehead atoms. The number of hydrogen-bond acceptors (Lipinski definition) is 4. The first kappa shape index (κ1) is 13.2. The SMILES string of the molecule is COC1CCC(Nc2cnc3cc(F)c(F)cc3n2)C1. The van der Waals surface area contributed by atoms with Crippen molar-refractivity contribution in [2.75, 3.05) is 12.4 Å². The van der Waals surface area contributed by atoms with E-state index in [0.717, 1.165) is 31.4 Å². The minimum absolute atomic E-state index is 0.271. The van der Waals surface area contributed by atoms with Crippen molar-refractivity contribution in [2.45, 2.75) is 31.4 Å². The van der Waals surface area contributed by atoms with E-state index in [0.29, 0.717) is 16.9 Å². The fourth-order valence-corrected chi connectivity index (χ4v) is 2.57. The number of halogens is 2. The number of fused-ring (bicyclic) bond motifs is 1. The number of hydrogen-bond donors (Lipinski definition) is 1. The van der Waals surface area contributed by atoms with Gasteiger partial charge in [0, 0.05) is 25.3 Å². The van der Waals surface area contributed by atoms with Crippen LogP contribution in [0.4, 0.5) is 14.6 Å². The van der Waals surface area contributed by atoms with Gasteiger partial charge in [-0.15, -0.1) is 0 Å². The lowest BCUT2D eigenvalue weighted by atomic mass is 10.2. The molecule has 3 rings (SSSR count). The number of ether oxygens (including phenoxy) is 1. The lowest BCUT2D eigenvalue weighted by Gasteiger charge is -2.13. The van der Waals surface area contributed by atoms with Gasteiger partial charge < -0.3 is 10.1 Å². The molecular formula is C14H15F2N3O. The van der Waals surface area contributed by atoms with E-state index in [4.69, 9.17) is 4.74 Å². The Morgan fingerprint density at radius 1 is 1.20 bits per heavy atom. The molecule has 1 N–H and O–H groups in total. The Kier molecular flexibility index (Phi) is 3.48. The van der Waals surface area contributed by atoms with Gasteiger partial charge in [0.1, 0.15) is 5.82 Å². The van der Waals surface area contributed by atoms with Crippen molar-refractivity contribution in [1.29, 1.82) is 0 Å². The summed E-state index contributed by atoms with van der Waals surface area (Å²) in [4.78, 5) is 8.37. The van der Waals surface area contributed by atoms with Crippen LogP contribution in [0.5, 0.6) is 0 Å². The maximum absolute atomic E-state index is 13.2. The summed E-state index contributed by atoms with van der Waals surface area (Å²) in [5.74, 6) is -1.25. The molecule has 1 aromatic heterocycles. The Balaban J connectivity index is 1.81. The van der Waals surface area contributed by atoms with Crippen LogP contribution in [-0.2, 0) is 4.74 Å². The van der Waals surface area contributed by atoms with Gasteiger partial charge in [0.2, 0.25) is 0 Å². The van der Waals surface area contributed by atoms with Crippen LogP contribution in [0.1, 0.15) is 19.3 Å². The maximum atomic E-state index is 13.2. The van der Waals surface area contributed by atoms with Crippen molar-refractivity contribution in [1.82, 2.24) is 9.97 Å². The number of rotatable bonds is 3. The van der Waals surface area contributed by atoms with Gasteiger partial charge >= 0.3 is 0 Å². The first-order chi connectivity index (χ1) is 9.65. The lowest BCUT2D eigenvalue weighted by molar-refractivity contribution is 0.108. The fraction of sp³-hybridized carbons (Fsp3) is 0.429. The summed E-state index contributed by atoms with van der Waals surface area (Å²) >= 11 is 0. The number of anilines is 1. The molecule has 2 unspecified atom stereocenters. The molecule has 0 amide bonds. The minimum Gasteiger partial charge on any atom is -0.381 e. The van der Waals surface area contributed by atoms with Gasteiger partial charge in [-0.25, -0.2) is 13.8 Å². The molecule has 0 aliphatic heterocycles. The molecule has 1 aromatic carbocycles. The van der Waals surface area contributed by atoms with E-state index >= 15 is 0 Å². The average Bonchev–Trinajstić information content (AvgIpc) is 2.88. The third kappa shape index (κ3) is 2.56. The zero-order valence-electron chi connectivity index (χ0n) is 11.1. The summed E-state index contributed by atoms with van der Waals surface area (Å²) in [5, 5.41) is 3.26. The van der Waals surface area contributed by atoms with Gasteiger partial charge in [0.05, 0.1) is 23.3 Å². The Hall–Kier alpha value is -1.82. The van der Waals surface area contributed by atoms with Gasteiger partial charge in [-0.05, 0) is 19.3 Å². The summed E-state index contributed by atoms with van der Waals surface area (Å²) in [6.45, 7) is 0. The van der Waals surface area contributed by atoms with Crippen LogP contribution >= 0.6 is 0 Å². The third-order valence-corrected chi connectivity index (χ3v) is 3.65. The molecule has 2 aromatic rings. The molecule has 4 nitrogen and oxygen atoms in total. The normalized spacial score (nSPS) is 22.4. The average molecular weight is 279 g/mol. The Labute approximate surface area is 115 Å². The van der Waals surface area contributed by atoms with Crippen LogP contribution in [-0.4, -0.2) is 29.2 Å². The van der Waals surface area contributed by atoms with Crippen molar-refractivity contribution in [3.8, 4) is 0 Å². The van der Waals surface area contributed by atoms with Crippen molar-refractivity contribution in [3.05, 3.63) is 30.0 Å². The molecule has 6 heteroatoms. The third-order valence-electron chi connectivity index (χ3n) is 3.65.